The molecule has 38 heavy (non-hydrogen) atoms. The number of halogens is 2. The first-order valence-corrected chi connectivity index (χ1v) is 12.8. The minimum absolute atomic E-state index is 0.0442. The molecular weight excluding hydrogens is 507 g/mol. The minimum Gasteiger partial charge on any atom is -0.366 e. The summed E-state index contributed by atoms with van der Waals surface area (Å²) in [6, 6.07) is 9.65. The lowest BCUT2D eigenvalue weighted by atomic mass is 9.97. The van der Waals surface area contributed by atoms with Gasteiger partial charge in [0.05, 0.1) is 11.1 Å². The van der Waals surface area contributed by atoms with E-state index in [1.165, 1.54) is 17.0 Å². The Morgan fingerprint density at radius 3 is 2.76 bits per heavy atom. The van der Waals surface area contributed by atoms with Gasteiger partial charge in [-0.05, 0) is 80.4 Å². The molecule has 2 aromatic carbocycles. The quantitative estimate of drug-likeness (QED) is 0.373. The van der Waals surface area contributed by atoms with Crippen LogP contribution in [-0.4, -0.2) is 51.5 Å². The number of primary amides is 1. The molecule has 196 valence electrons. The average Bonchev–Trinajstić information content (AvgIpc) is 3.36. The minimum atomic E-state index is -0.796. The maximum absolute atomic E-state index is 14.3. The molecule has 2 aromatic heterocycles. The molecule has 1 aliphatic heterocycles. The van der Waals surface area contributed by atoms with Crippen molar-refractivity contribution >= 4 is 28.5 Å². The van der Waals surface area contributed by atoms with Crippen molar-refractivity contribution in [2.45, 2.75) is 32.4 Å². The van der Waals surface area contributed by atoms with E-state index in [1.54, 1.807) is 6.20 Å². The molecule has 1 saturated heterocycles. The molecule has 10 heteroatoms. The van der Waals surface area contributed by atoms with E-state index in [0.717, 1.165) is 60.3 Å². The smallest absolute Gasteiger partial charge is 0.267 e. The van der Waals surface area contributed by atoms with Crippen LogP contribution in [0.25, 0.3) is 27.8 Å². The second-order valence-electron chi connectivity index (χ2n) is 9.84. The molecule has 1 fully saturated rings. The van der Waals surface area contributed by atoms with Gasteiger partial charge in [0.15, 0.2) is 5.65 Å². The lowest BCUT2D eigenvalue weighted by Crippen LogP contribution is -2.35. The molecule has 0 aliphatic carbocycles. The lowest BCUT2D eigenvalue weighted by molar-refractivity contribution is 0.1000. The number of pyridine rings is 1. The van der Waals surface area contributed by atoms with Gasteiger partial charge in [0.25, 0.3) is 5.56 Å². The van der Waals surface area contributed by atoms with Crippen LogP contribution in [0.2, 0.25) is 5.02 Å². The van der Waals surface area contributed by atoms with E-state index in [0.29, 0.717) is 23.0 Å². The van der Waals surface area contributed by atoms with Gasteiger partial charge in [-0.15, -0.1) is 0 Å². The molecule has 0 bridgehead atoms. The molecular formula is C28H28ClFN6O2. The number of nitrogens with zero attached hydrogens (tertiary/aromatic N) is 4. The van der Waals surface area contributed by atoms with Crippen LogP contribution in [0, 0.1) is 12.7 Å². The Morgan fingerprint density at radius 2 is 2.05 bits per heavy atom. The first kappa shape index (κ1) is 26.0. The number of aromatic nitrogens is 3. The number of hydrogen-bond donors (Lipinski definition) is 2. The van der Waals surface area contributed by atoms with Crippen molar-refractivity contribution in [1.82, 2.24) is 24.8 Å². The van der Waals surface area contributed by atoms with Crippen molar-refractivity contribution < 1.29 is 9.18 Å². The summed E-state index contributed by atoms with van der Waals surface area (Å²) >= 11 is 6.39. The molecule has 8 nitrogen and oxygen atoms in total. The van der Waals surface area contributed by atoms with Gasteiger partial charge in [-0.3, -0.25) is 14.2 Å². The predicted molar refractivity (Wildman–Crippen MR) is 146 cm³/mol. The highest BCUT2D eigenvalue weighted by atomic mass is 35.5. The van der Waals surface area contributed by atoms with Crippen molar-refractivity contribution in [3.63, 3.8) is 0 Å². The molecule has 0 saturated carbocycles. The van der Waals surface area contributed by atoms with Gasteiger partial charge in [0.2, 0.25) is 5.91 Å². The SMILES string of the molecule is Cc1cc(Cl)cc(-c2cnc3ncn(-c4cc(F)cc(C(N)=O)c4)c(=O)c3c2CN(C)C[C@@H]2CCCN2)c1. The largest absolute Gasteiger partial charge is 0.366 e. The Bertz CT molecular complexity index is 1580. The Labute approximate surface area is 224 Å². The third-order valence-electron chi connectivity index (χ3n) is 6.82. The van der Waals surface area contributed by atoms with Crippen LogP contribution in [0.15, 0.2) is 53.7 Å². The number of nitrogens with one attached hydrogen (secondary N) is 1. The second kappa shape index (κ2) is 10.6. The van der Waals surface area contributed by atoms with Crippen LogP contribution >= 0.6 is 11.6 Å². The van der Waals surface area contributed by atoms with E-state index in [9.17, 15) is 14.0 Å². The highest BCUT2D eigenvalue weighted by Crippen LogP contribution is 2.31. The fraction of sp³-hybridized carbons (Fsp3) is 0.286. The van der Waals surface area contributed by atoms with Crippen molar-refractivity contribution in [3.8, 4) is 16.8 Å². The third-order valence-corrected chi connectivity index (χ3v) is 7.03. The van der Waals surface area contributed by atoms with Crippen LogP contribution in [0.3, 0.4) is 0 Å². The number of likely N-dealkylation sites (N-methyl/N-ethyl adjacent to an activating group) is 1. The lowest BCUT2D eigenvalue weighted by Gasteiger charge is -2.23. The Balaban J connectivity index is 1.71. The van der Waals surface area contributed by atoms with E-state index < -0.39 is 17.3 Å². The summed E-state index contributed by atoms with van der Waals surface area (Å²) < 4.78 is 15.6. The molecule has 0 spiro atoms. The first-order chi connectivity index (χ1) is 18.2. The maximum atomic E-state index is 14.3. The zero-order valence-corrected chi connectivity index (χ0v) is 21.9. The second-order valence-corrected chi connectivity index (χ2v) is 10.3. The van der Waals surface area contributed by atoms with E-state index in [1.807, 2.05) is 32.2 Å². The van der Waals surface area contributed by atoms with E-state index in [4.69, 9.17) is 17.3 Å². The standard InChI is InChI=1S/C28H28ClFN6O2/c1-16-6-17(8-19(29)7-16)23-12-33-27-25(24(23)14-35(2)13-21-4-3-5-32-21)28(38)36(15-34-27)22-10-18(26(31)37)9-20(30)11-22/h6-12,15,21,32H,3-5,13-14H2,1-2H3,(H2,31,37)/t21-/m0/s1. The highest BCUT2D eigenvalue weighted by Gasteiger charge is 2.21. The Hall–Kier alpha value is -3.66. The molecule has 3 N–H and O–H groups in total. The molecule has 0 unspecified atom stereocenters. The number of fused-ring (bicyclic) bond motifs is 1. The van der Waals surface area contributed by atoms with Gasteiger partial charge in [-0.2, -0.15) is 0 Å². The Kier molecular flexibility index (Phi) is 7.25. The van der Waals surface area contributed by atoms with Gasteiger partial charge in [0.1, 0.15) is 12.1 Å². The summed E-state index contributed by atoms with van der Waals surface area (Å²) in [5.41, 5.74) is 8.66. The summed E-state index contributed by atoms with van der Waals surface area (Å²) in [5.74, 6) is -1.48. The number of nitrogens with two attached hydrogens (primary N) is 1. The van der Waals surface area contributed by atoms with Crippen molar-refractivity contribution in [2.75, 3.05) is 20.1 Å². The van der Waals surface area contributed by atoms with E-state index >= 15 is 0 Å². The zero-order valence-electron chi connectivity index (χ0n) is 21.2. The summed E-state index contributed by atoms with van der Waals surface area (Å²) in [6.07, 6.45) is 5.24. The zero-order chi connectivity index (χ0) is 27.0. The third kappa shape index (κ3) is 5.31. The predicted octanol–water partition coefficient (Wildman–Crippen LogP) is 3.83. The monoisotopic (exact) mass is 534 g/mol. The molecule has 1 aliphatic rings. The van der Waals surface area contributed by atoms with Crippen LogP contribution in [0.4, 0.5) is 4.39 Å². The number of carbonyl (C=O) groups is 1. The number of aryl methyl sites for hydroxylation is 1. The molecule has 1 atom stereocenters. The fourth-order valence-corrected chi connectivity index (χ4v) is 5.40. The summed E-state index contributed by atoms with van der Waals surface area (Å²) in [5, 5.41) is 4.41. The van der Waals surface area contributed by atoms with E-state index in [2.05, 4.69) is 20.2 Å². The normalized spacial score (nSPS) is 15.4. The van der Waals surface area contributed by atoms with Crippen molar-refractivity contribution in [1.29, 1.82) is 0 Å². The maximum Gasteiger partial charge on any atom is 0.267 e. The average molecular weight is 535 g/mol. The first-order valence-electron chi connectivity index (χ1n) is 12.4. The molecule has 1 amide bonds. The number of rotatable bonds is 7. The van der Waals surface area contributed by atoms with Crippen molar-refractivity contribution in [3.05, 3.63) is 86.8 Å². The van der Waals surface area contributed by atoms with Gasteiger partial charge < -0.3 is 16.0 Å². The van der Waals surface area contributed by atoms with Gasteiger partial charge in [-0.1, -0.05) is 17.7 Å². The van der Waals surface area contributed by atoms with E-state index in [-0.39, 0.29) is 16.9 Å². The van der Waals surface area contributed by atoms with Crippen LogP contribution in [0.5, 0.6) is 0 Å². The molecule has 0 radical (unpaired) electrons. The van der Waals surface area contributed by atoms with Crippen LogP contribution in [0.1, 0.15) is 34.3 Å². The number of carbonyl (C=O) groups excluding carboxylic acids is 1. The number of amides is 1. The fourth-order valence-electron chi connectivity index (χ4n) is 5.11. The molecule has 4 aromatic rings. The summed E-state index contributed by atoms with van der Waals surface area (Å²) in [7, 11) is 2.01. The highest BCUT2D eigenvalue weighted by molar-refractivity contribution is 6.31. The van der Waals surface area contributed by atoms with Crippen LogP contribution < -0.4 is 16.6 Å². The van der Waals surface area contributed by atoms with Gasteiger partial charge in [-0.25, -0.2) is 14.4 Å². The number of benzene rings is 2. The van der Waals surface area contributed by atoms with Crippen LogP contribution in [-0.2, 0) is 6.54 Å². The summed E-state index contributed by atoms with van der Waals surface area (Å²) in [6.45, 7) is 4.21. The summed E-state index contributed by atoms with van der Waals surface area (Å²) in [4.78, 5) is 36.8. The van der Waals surface area contributed by atoms with Gasteiger partial charge >= 0.3 is 0 Å². The molecule has 5 rings (SSSR count). The number of hydrogen-bond acceptors (Lipinski definition) is 6. The van der Waals surface area contributed by atoms with Gasteiger partial charge in [0, 0.05) is 41.5 Å². The topological polar surface area (TPSA) is 106 Å². The van der Waals surface area contributed by atoms with Crippen molar-refractivity contribution in [2.24, 2.45) is 5.73 Å². The molecule has 3 heterocycles. The Morgan fingerprint density at radius 1 is 1.24 bits per heavy atom.